The van der Waals surface area contributed by atoms with Gasteiger partial charge in [-0.3, -0.25) is 4.68 Å². The average molecular weight is 230 g/mol. The molecule has 0 spiro atoms. The maximum atomic E-state index is 5.66. The van der Waals surface area contributed by atoms with Gasteiger partial charge in [-0.05, 0) is 29.7 Å². The van der Waals surface area contributed by atoms with E-state index in [1.165, 1.54) is 5.56 Å². The van der Waals surface area contributed by atoms with E-state index in [-0.39, 0.29) is 0 Å². The second kappa shape index (κ2) is 5.04. The molecule has 0 radical (unpaired) electrons. The highest BCUT2D eigenvalue weighted by Gasteiger charge is 2.01. The zero-order valence-corrected chi connectivity index (χ0v) is 10.6. The van der Waals surface area contributed by atoms with Gasteiger partial charge in [0, 0.05) is 13.2 Å². The van der Waals surface area contributed by atoms with Gasteiger partial charge in [0.2, 0.25) is 0 Å². The van der Waals surface area contributed by atoms with Gasteiger partial charge in [0.05, 0.1) is 5.69 Å². The van der Waals surface area contributed by atoms with Crippen molar-refractivity contribution in [3.05, 3.63) is 47.8 Å². The van der Waals surface area contributed by atoms with Gasteiger partial charge in [-0.2, -0.15) is 5.10 Å². The predicted octanol–water partition coefficient (Wildman–Crippen LogP) is 3.12. The summed E-state index contributed by atoms with van der Waals surface area (Å²) in [6, 6.07) is 10.2. The minimum absolute atomic E-state index is 0.516. The molecule has 0 aliphatic carbocycles. The summed E-state index contributed by atoms with van der Waals surface area (Å²) in [5, 5.41) is 4.26. The molecule has 0 bridgehead atoms. The lowest BCUT2D eigenvalue weighted by atomic mass is 10.0. The Bertz CT molecular complexity index is 471. The number of rotatable bonds is 4. The molecule has 0 aliphatic rings. The first-order chi connectivity index (χ1) is 8.15. The molecular formula is C14H18N2O. The molecule has 17 heavy (non-hydrogen) atoms. The van der Waals surface area contributed by atoms with Gasteiger partial charge in [0.1, 0.15) is 12.4 Å². The summed E-state index contributed by atoms with van der Waals surface area (Å²) in [6.07, 6.45) is 1.92. The van der Waals surface area contributed by atoms with Crippen LogP contribution in [0.4, 0.5) is 0 Å². The Hall–Kier alpha value is -1.77. The predicted molar refractivity (Wildman–Crippen MR) is 68.1 cm³/mol. The highest BCUT2D eigenvalue weighted by molar-refractivity contribution is 5.28. The van der Waals surface area contributed by atoms with Crippen molar-refractivity contribution in [1.29, 1.82) is 0 Å². The Kier molecular flexibility index (Phi) is 3.47. The maximum Gasteiger partial charge on any atom is 0.132 e. The van der Waals surface area contributed by atoms with Crippen LogP contribution >= 0.6 is 0 Å². The summed E-state index contributed by atoms with van der Waals surface area (Å²) >= 11 is 0. The van der Waals surface area contributed by atoms with E-state index in [2.05, 4.69) is 31.1 Å². The molecule has 0 amide bonds. The molecule has 0 saturated carbocycles. The van der Waals surface area contributed by atoms with E-state index in [0.717, 1.165) is 11.4 Å². The summed E-state index contributed by atoms with van der Waals surface area (Å²) < 4.78 is 7.44. The van der Waals surface area contributed by atoms with E-state index >= 15 is 0 Å². The van der Waals surface area contributed by atoms with E-state index in [4.69, 9.17) is 4.74 Å². The third-order valence-electron chi connectivity index (χ3n) is 2.70. The Labute approximate surface area is 102 Å². The van der Waals surface area contributed by atoms with Gasteiger partial charge >= 0.3 is 0 Å². The largest absolute Gasteiger partial charge is 0.487 e. The average Bonchev–Trinajstić information content (AvgIpc) is 2.73. The molecule has 1 aromatic carbocycles. The van der Waals surface area contributed by atoms with Crippen molar-refractivity contribution >= 4 is 0 Å². The molecule has 0 aliphatic heterocycles. The summed E-state index contributed by atoms with van der Waals surface area (Å²) in [4.78, 5) is 0. The molecular weight excluding hydrogens is 212 g/mol. The quantitative estimate of drug-likeness (QED) is 0.807. The highest BCUT2D eigenvalue weighted by atomic mass is 16.5. The summed E-state index contributed by atoms with van der Waals surface area (Å²) in [7, 11) is 1.90. The Morgan fingerprint density at radius 1 is 1.18 bits per heavy atom. The SMILES string of the molecule is CC(C)c1ccc(OCc2ccn(C)n2)cc1. The minimum atomic E-state index is 0.516. The van der Waals surface area contributed by atoms with Crippen LogP contribution in [0, 0.1) is 0 Å². The Morgan fingerprint density at radius 2 is 1.88 bits per heavy atom. The number of hydrogen-bond acceptors (Lipinski definition) is 2. The molecule has 90 valence electrons. The fraction of sp³-hybridized carbons (Fsp3) is 0.357. The van der Waals surface area contributed by atoms with Gasteiger partial charge < -0.3 is 4.74 Å². The summed E-state index contributed by atoms with van der Waals surface area (Å²) in [5.41, 5.74) is 2.27. The van der Waals surface area contributed by atoms with Crippen molar-refractivity contribution in [2.45, 2.75) is 26.4 Å². The van der Waals surface area contributed by atoms with E-state index < -0.39 is 0 Å². The number of aromatic nitrogens is 2. The van der Waals surface area contributed by atoms with Crippen molar-refractivity contribution in [3.8, 4) is 5.75 Å². The lowest BCUT2D eigenvalue weighted by Gasteiger charge is -2.07. The normalized spacial score (nSPS) is 10.8. The van der Waals surface area contributed by atoms with Crippen LogP contribution in [0.3, 0.4) is 0 Å². The van der Waals surface area contributed by atoms with Crippen LogP contribution in [0.5, 0.6) is 5.75 Å². The second-order valence-corrected chi connectivity index (χ2v) is 4.49. The molecule has 3 nitrogen and oxygen atoms in total. The number of nitrogens with zero attached hydrogens (tertiary/aromatic N) is 2. The second-order valence-electron chi connectivity index (χ2n) is 4.49. The zero-order valence-electron chi connectivity index (χ0n) is 10.6. The molecule has 0 atom stereocenters. The standard InChI is InChI=1S/C14H18N2O/c1-11(2)12-4-6-14(7-5-12)17-10-13-8-9-16(3)15-13/h4-9,11H,10H2,1-3H3. The van der Waals surface area contributed by atoms with Gasteiger partial charge in [-0.15, -0.1) is 0 Å². The number of ether oxygens (including phenoxy) is 1. The van der Waals surface area contributed by atoms with Crippen LogP contribution in [0.25, 0.3) is 0 Å². The van der Waals surface area contributed by atoms with Gasteiger partial charge in [-0.1, -0.05) is 26.0 Å². The van der Waals surface area contributed by atoms with Crippen molar-refractivity contribution < 1.29 is 4.74 Å². The van der Waals surface area contributed by atoms with Crippen LogP contribution in [0.1, 0.15) is 31.0 Å². The molecule has 2 aromatic rings. The first-order valence-corrected chi connectivity index (χ1v) is 5.86. The highest BCUT2D eigenvalue weighted by Crippen LogP contribution is 2.19. The van der Waals surface area contributed by atoms with Crippen LogP contribution in [-0.2, 0) is 13.7 Å². The molecule has 0 N–H and O–H groups in total. The number of aryl methyl sites for hydroxylation is 1. The Balaban J connectivity index is 1.95. The molecule has 1 aromatic heterocycles. The first-order valence-electron chi connectivity index (χ1n) is 5.86. The van der Waals surface area contributed by atoms with E-state index in [0.29, 0.717) is 12.5 Å². The number of hydrogen-bond donors (Lipinski definition) is 0. The third kappa shape index (κ3) is 3.09. The van der Waals surface area contributed by atoms with E-state index in [1.807, 2.05) is 31.4 Å². The fourth-order valence-corrected chi connectivity index (χ4v) is 1.65. The van der Waals surface area contributed by atoms with Crippen molar-refractivity contribution in [3.63, 3.8) is 0 Å². The lowest BCUT2D eigenvalue weighted by molar-refractivity contribution is 0.300. The van der Waals surface area contributed by atoms with Crippen LogP contribution < -0.4 is 4.74 Å². The third-order valence-corrected chi connectivity index (χ3v) is 2.70. The number of benzene rings is 1. The first kappa shape index (κ1) is 11.7. The topological polar surface area (TPSA) is 27.1 Å². The van der Waals surface area contributed by atoms with Gasteiger partial charge in [0.15, 0.2) is 0 Å². The molecule has 1 heterocycles. The van der Waals surface area contributed by atoms with E-state index in [1.54, 1.807) is 4.68 Å². The monoisotopic (exact) mass is 230 g/mol. The minimum Gasteiger partial charge on any atom is -0.487 e. The molecule has 2 rings (SSSR count). The molecule has 0 unspecified atom stereocenters. The lowest BCUT2D eigenvalue weighted by Crippen LogP contribution is -1.98. The maximum absolute atomic E-state index is 5.66. The zero-order chi connectivity index (χ0) is 12.3. The summed E-state index contributed by atoms with van der Waals surface area (Å²) in [5.74, 6) is 1.44. The fourth-order valence-electron chi connectivity index (χ4n) is 1.65. The summed E-state index contributed by atoms with van der Waals surface area (Å²) in [6.45, 7) is 4.88. The van der Waals surface area contributed by atoms with Gasteiger partial charge in [0.25, 0.3) is 0 Å². The Morgan fingerprint density at radius 3 is 2.41 bits per heavy atom. The van der Waals surface area contributed by atoms with Crippen LogP contribution in [0.2, 0.25) is 0 Å². The molecule has 3 heteroatoms. The van der Waals surface area contributed by atoms with E-state index in [9.17, 15) is 0 Å². The molecule has 0 fully saturated rings. The smallest absolute Gasteiger partial charge is 0.132 e. The molecule has 0 saturated heterocycles. The van der Waals surface area contributed by atoms with Crippen molar-refractivity contribution in [2.75, 3.05) is 0 Å². The van der Waals surface area contributed by atoms with Gasteiger partial charge in [-0.25, -0.2) is 0 Å². The van der Waals surface area contributed by atoms with Crippen molar-refractivity contribution in [2.24, 2.45) is 7.05 Å². The van der Waals surface area contributed by atoms with Crippen LogP contribution in [0.15, 0.2) is 36.5 Å². The van der Waals surface area contributed by atoms with Crippen molar-refractivity contribution in [1.82, 2.24) is 9.78 Å². The van der Waals surface area contributed by atoms with Crippen LogP contribution in [-0.4, -0.2) is 9.78 Å².